The standard InChI is InChI=1S/C42H73O11P/c1-3-5-7-9-11-12-13-14-15-16-17-18-19-23-27-31-41(45)49-35-38(36-51-54(47,48)50-34-37(44)33-43)52-42(46)32-28-24-20-22-26-30-40-39(53-40)29-25-21-10-8-6-4-2/h5,7,11-12,14-15,21,25,37-40,43-44H,3-4,6,8-10,13,16-20,22-24,26-36H2,1-2H3,(H,47,48)/b7-5-,12-11-,15-14-,25-21-/t37-,38+,39?,40?/m0/s1. The van der Waals surface area contributed by atoms with Crippen LogP contribution in [0.25, 0.3) is 0 Å². The van der Waals surface area contributed by atoms with Gasteiger partial charge in [-0.3, -0.25) is 18.6 Å². The van der Waals surface area contributed by atoms with Crippen LogP contribution in [0.3, 0.4) is 0 Å². The molecule has 0 amide bonds. The second kappa shape index (κ2) is 34.2. The average Bonchev–Trinajstić information content (AvgIpc) is 3.92. The molecular weight excluding hydrogens is 711 g/mol. The molecule has 0 aromatic carbocycles. The molecule has 1 rings (SSSR count). The van der Waals surface area contributed by atoms with E-state index in [1.54, 1.807) is 0 Å². The summed E-state index contributed by atoms with van der Waals surface area (Å²) in [6.07, 6.45) is 36.7. The molecule has 11 nitrogen and oxygen atoms in total. The van der Waals surface area contributed by atoms with Gasteiger partial charge in [-0.1, -0.05) is 120 Å². The highest BCUT2D eigenvalue weighted by Gasteiger charge is 2.36. The van der Waals surface area contributed by atoms with Crippen molar-refractivity contribution in [1.29, 1.82) is 0 Å². The van der Waals surface area contributed by atoms with E-state index in [4.69, 9.17) is 23.8 Å². The van der Waals surface area contributed by atoms with Gasteiger partial charge in [-0.05, 0) is 70.6 Å². The second-order valence-electron chi connectivity index (χ2n) is 14.0. The number of unbranched alkanes of at least 4 members (excludes halogenated alkanes) is 12. The van der Waals surface area contributed by atoms with Gasteiger partial charge in [0.15, 0.2) is 6.10 Å². The zero-order chi connectivity index (χ0) is 39.5. The summed E-state index contributed by atoms with van der Waals surface area (Å²) < 4.78 is 38.5. The van der Waals surface area contributed by atoms with E-state index in [-0.39, 0.29) is 19.4 Å². The first-order valence-electron chi connectivity index (χ1n) is 20.7. The first-order valence-corrected chi connectivity index (χ1v) is 22.2. The molecule has 3 unspecified atom stereocenters. The summed E-state index contributed by atoms with van der Waals surface area (Å²) in [5.41, 5.74) is 0. The van der Waals surface area contributed by atoms with Gasteiger partial charge in [0.1, 0.15) is 12.7 Å². The highest BCUT2D eigenvalue weighted by molar-refractivity contribution is 7.47. The van der Waals surface area contributed by atoms with Crippen LogP contribution in [-0.4, -0.2) is 77.9 Å². The molecule has 1 aliphatic rings. The highest BCUT2D eigenvalue weighted by Crippen LogP contribution is 2.43. The lowest BCUT2D eigenvalue weighted by Gasteiger charge is -2.20. The molecule has 0 spiro atoms. The molecule has 54 heavy (non-hydrogen) atoms. The molecular formula is C42H73O11P. The van der Waals surface area contributed by atoms with E-state index in [2.05, 4.69) is 67.0 Å². The van der Waals surface area contributed by atoms with E-state index < -0.39 is 51.8 Å². The van der Waals surface area contributed by atoms with Gasteiger partial charge in [0.05, 0.1) is 32.0 Å². The highest BCUT2D eigenvalue weighted by atomic mass is 31.2. The van der Waals surface area contributed by atoms with E-state index in [1.165, 1.54) is 19.3 Å². The first-order chi connectivity index (χ1) is 26.2. The largest absolute Gasteiger partial charge is 0.472 e. The molecule has 0 aliphatic carbocycles. The predicted molar refractivity (Wildman–Crippen MR) is 214 cm³/mol. The van der Waals surface area contributed by atoms with E-state index in [0.717, 1.165) is 96.3 Å². The number of hydrogen-bond donors (Lipinski definition) is 3. The minimum atomic E-state index is -4.63. The summed E-state index contributed by atoms with van der Waals surface area (Å²) >= 11 is 0. The Bertz CT molecular complexity index is 1110. The predicted octanol–water partition coefficient (Wildman–Crippen LogP) is 9.54. The first kappa shape index (κ1) is 49.9. The normalized spacial score (nSPS) is 18.2. The van der Waals surface area contributed by atoms with Crippen molar-refractivity contribution in [1.82, 2.24) is 0 Å². The topological polar surface area (TPSA) is 161 Å². The van der Waals surface area contributed by atoms with Crippen LogP contribution in [0.15, 0.2) is 48.6 Å². The van der Waals surface area contributed by atoms with Crippen molar-refractivity contribution >= 4 is 19.8 Å². The lowest BCUT2D eigenvalue weighted by Crippen LogP contribution is -2.29. The third kappa shape index (κ3) is 31.1. The molecule has 312 valence electrons. The lowest BCUT2D eigenvalue weighted by atomic mass is 10.1. The van der Waals surface area contributed by atoms with Crippen molar-refractivity contribution in [2.45, 2.75) is 180 Å². The van der Waals surface area contributed by atoms with E-state index in [0.29, 0.717) is 25.0 Å². The summed E-state index contributed by atoms with van der Waals surface area (Å²) in [7, 11) is -4.63. The van der Waals surface area contributed by atoms with Crippen molar-refractivity contribution < 1.29 is 52.5 Å². The molecule has 5 atom stereocenters. The fourth-order valence-electron chi connectivity index (χ4n) is 5.60. The van der Waals surface area contributed by atoms with Crippen LogP contribution < -0.4 is 0 Å². The maximum Gasteiger partial charge on any atom is 0.472 e. The van der Waals surface area contributed by atoms with Gasteiger partial charge < -0.3 is 29.3 Å². The number of rotatable bonds is 37. The van der Waals surface area contributed by atoms with Crippen LogP contribution in [0.2, 0.25) is 0 Å². The maximum atomic E-state index is 12.6. The number of aliphatic hydroxyl groups excluding tert-OH is 2. The van der Waals surface area contributed by atoms with Gasteiger partial charge in [-0.15, -0.1) is 0 Å². The summed E-state index contributed by atoms with van der Waals surface area (Å²) in [4.78, 5) is 35.0. The fraction of sp³-hybridized carbons (Fsp3) is 0.762. The Morgan fingerprint density at radius 1 is 0.685 bits per heavy atom. The Morgan fingerprint density at radius 2 is 1.26 bits per heavy atom. The van der Waals surface area contributed by atoms with Gasteiger partial charge in [-0.2, -0.15) is 0 Å². The smallest absolute Gasteiger partial charge is 0.462 e. The third-order valence-corrected chi connectivity index (χ3v) is 9.84. The number of hydrogen-bond acceptors (Lipinski definition) is 10. The monoisotopic (exact) mass is 784 g/mol. The third-order valence-electron chi connectivity index (χ3n) is 8.89. The second-order valence-corrected chi connectivity index (χ2v) is 15.5. The number of carbonyl (C=O) groups excluding carboxylic acids is 2. The van der Waals surface area contributed by atoms with Crippen LogP contribution in [0.4, 0.5) is 0 Å². The molecule has 0 saturated carbocycles. The van der Waals surface area contributed by atoms with Crippen molar-refractivity contribution in [3.05, 3.63) is 48.6 Å². The van der Waals surface area contributed by atoms with Gasteiger partial charge >= 0.3 is 19.8 Å². The number of aliphatic hydroxyl groups is 2. The quantitative estimate of drug-likeness (QED) is 0.0181. The van der Waals surface area contributed by atoms with Crippen molar-refractivity contribution in [3.8, 4) is 0 Å². The number of phosphoric acid groups is 1. The lowest BCUT2D eigenvalue weighted by molar-refractivity contribution is -0.161. The van der Waals surface area contributed by atoms with Crippen molar-refractivity contribution in [2.75, 3.05) is 26.4 Å². The number of esters is 2. The molecule has 1 saturated heterocycles. The molecule has 3 N–H and O–H groups in total. The molecule has 1 fully saturated rings. The zero-order valence-electron chi connectivity index (χ0n) is 33.4. The Balaban J connectivity index is 2.29. The van der Waals surface area contributed by atoms with Crippen LogP contribution in [-0.2, 0) is 37.4 Å². The van der Waals surface area contributed by atoms with Crippen LogP contribution >= 0.6 is 7.82 Å². The Morgan fingerprint density at radius 3 is 1.94 bits per heavy atom. The molecule has 0 radical (unpaired) electrons. The SMILES string of the molecule is CC/C=C\C/C=C\C/C=C\CCCCCCCC(=O)OC[C@H](COP(=O)(O)OC[C@@H](O)CO)OC(=O)CCCCCCCC1OC1C/C=C\CCCCC. The summed E-state index contributed by atoms with van der Waals surface area (Å²) in [6.45, 7) is 2.17. The molecule has 0 bridgehead atoms. The number of epoxide rings is 1. The van der Waals surface area contributed by atoms with E-state index in [9.17, 15) is 24.2 Å². The summed E-state index contributed by atoms with van der Waals surface area (Å²) in [5.74, 6) is -0.972. The van der Waals surface area contributed by atoms with Crippen LogP contribution in [0.5, 0.6) is 0 Å². The Hall–Kier alpha value is -2.11. The minimum Gasteiger partial charge on any atom is -0.462 e. The number of phosphoric ester groups is 1. The number of allylic oxidation sites excluding steroid dienone is 7. The Labute approximate surface area is 326 Å². The molecule has 12 heteroatoms. The van der Waals surface area contributed by atoms with E-state index in [1.807, 2.05) is 0 Å². The average molecular weight is 785 g/mol. The van der Waals surface area contributed by atoms with Crippen molar-refractivity contribution in [3.63, 3.8) is 0 Å². The van der Waals surface area contributed by atoms with Crippen LogP contribution in [0, 0.1) is 0 Å². The van der Waals surface area contributed by atoms with Gasteiger partial charge in [0, 0.05) is 12.8 Å². The maximum absolute atomic E-state index is 12.6. The molecule has 1 heterocycles. The number of ether oxygens (including phenoxy) is 3. The zero-order valence-corrected chi connectivity index (χ0v) is 34.3. The van der Waals surface area contributed by atoms with Gasteiger partial charge in [0.25, 0.3) is 0 Å². The molecule has 1 aliphatic heterocycles. The summed E-state index contributed by atoms with van der Waals surface area (Å²) in [6, 6.07) is 0. The van der Waals surface area contributed by atoms with Crippen molar-refractivity contribution in [2.24, 2.45) is 0 Å². The summed E-state index contributed by atoms with van der Waals surface area (Å²) in [5, 5.41) is 18.3. The molecule has 0 aromatic heterocycles. The minimum absolute atomic E-state index is 0.155. The van der Waals surface area contributed by atoms with E-state index >= 15 is 0 Å². The van der Waals surface area contributed by atoms with Gasteiger partial charge in [-0.25, -0.2) is 4.57 Å². The van der Waals surface area contributed by atoms with Gasteiger partial charge in [0.2, 0.25) is 0 Å². The Kier molecular flexibility index (Phi) is 31.6. The van der Waals surface area contributed by atoms with Crippen LogP contribution in [0.1, 0.15) is 155 Å². The molecule has 0 aromatic rings. The fourth-order valence-corrected chi connectivity index (χ4v) is 6.39. The number of carbonyl (C=O) groups is 2.